The van der Waals surface area contributed by atoms with Gasteiger partial charge in [0, 0.05) is 11.8 Å². The molecule has 1 heterocycles. The highest BCUT2D eigenvalue weighted by molar-refractivity contribution is 5.99. The Kier molecular flexibility index (Phi) is 3.19. The minimum absolute atomic E-state index is 0.0948. The van der Waals surface area contributed by atoms with E-state index in [0.29, 0.717) is 0 Å². The first-order chi connectivity index (χ1) is 6.82. The zero-order valence-electron chi connectivity index (χ0n) is 8.99. The number of hydrogen-bond acceptors (Lipinski definition) is 3. The van der Waals surface area contributed by atoms with Gasteiger partial charge in [0.15, 0.2) is 5.78 Å². The smallest absolute Gasteiger partial charge is 0.193 e. The second-order valence-corrected chi connectivity index (χ2v) is 4.52. The SMILES string of the molecule is CC(C)(C)C(O)C(=O)c1cncc(F)c1. The molecule has 1 aromatic rings. The number of carbonyl (C=O) groups is 1. The number of nitrogens with zero attached hydrogens (tertiary/aromatic N) is 1. The Morgan fingerprint density at radius 1 is 1.47 bits per heavy atom. The summed E-state index contributed by atoms with van der Waals surface area (Å²) in [5.74, 6) is -1.09. The molecular weight excluding hydrogens is 197 g/mol. The highest BCUT2D eigenvalue weighted by atomic mass is 19.1. The maximum Gasteiger partial charge on any atom is 0.193 e. The molecular formula is C11H14FNO2. The van der Waals surface area contributed by atoms with Crippen molar-refractivity contribution in [1.82, 2.24) is 4.98 Å². The van der Waals surface area contributed by atoms with E-state index in [1.165, 1.54) is 6.20 Å². The number of carbonyl (C=O) groups excluding carboxylic acids is 1. The monoisotopic (exact) mass is 211 g/mol. The Bertz CT molecular complexity index is 371. The van der Waals surface area contributed by atoms with E-state index in [2.05, 4.69) is 4.98 Å². The average Bonchev–Trinajstić information content (AvgIpc) is 2.14. The van der Waals surface area contributed by atoms with Crippen LogP contribution in [-0.2, 0) is 0 Å². The van der Waals surface area contributed by atoms with Gasteiger partial charge < -0.3 is 5.11 Å². The fourth-order valence-electron chi connectivity index (χ4n) is 1.10. The van der Waals surface area contributed by atoms with Crippen molar-refractivity contribution < 1.29 is 14.3 Å². The van der Waals surface area contributed by atoms with Gasteiger partial charge in [-0.15, -0.1) is 0 Å². The molecule has 0 aromatic carbocycles. The van der Waals surface area contributed by atoms with Crippen molar-refractivity contribution in [3.8, 4) is 0 Å². The van der Waals surface area contributed by atoms with Gasteiger partial charge in [-0.25, -0.2) is 4.39 Å². The molecule has 82 valence electrons. The van der Waals surface area contributed by atoms with E-state index in [-0.39, 0.29) is 5.56 Å². The van der Waals surface area contributed by atoms with Crippen LogP contribution in [0.3, 0.4) is 0 Å². The Labute approximate surface area is 88.0 Å². The van der Waals surface area contributed by atoms with Gasteiger partial charge in [0.1, 0.15) is 11.9 Å². The lowest BCUT2D eigenvalue weighted by atomic mass is 9.85. The quantitative estimate of drug-likeness (QED) is 0.759. The summed E-state index contributed by atoms with van der Waals surface area (Å²) in [7, 11) is 0. The van der Waals surface area contributed by atoms with Crippen molar-refractivity contribution in [3.05, 3.63) is 29.8 Å². The fraction of sp³-hybridized carbons (Fsp3) is 0.455. The molecule has 1 N–H and O–H groups in total. The zero-order valence-corrected chi connectivity index (χ0v) is 8.99. The molecule has 0 amide bonds. The predicted octanol–water partition coefficient (Wildman–Crippen LogP) is 1.81. The summed E-state index contributed by atoms with van der Waals surface area (Å²) in [6, 6.07) is 1.07. The Balaban J connectivity index is 2.95. The number of pyridine rings is 1. The molecule has 15 heavy (non-hydrogen) atoms. The Morgan fingerprint density at radius 3 is 2.53 bits per heavy atom. The van der Waals surface area contributed by atoms with Crippen molar-refractivity contribution in [2.75, 3.05) is 0 Å². The first-order valence-corrected chi connectivity index (χ1v) is 4.65. The van der Waals surface area contributed by atoms with Crippen molar-refractivity contribution in [2.24, 2.45) is 5.41 Å². The van der Waals surface area contributed by atoms with E-state index in [1.54, 1.807) is 20.8 Å². The highest BCUT2D eigenvalue weighted by Crippen LogP contribution is 2.22. The Hall–Kier alpha value is -1.29. The molecule has 0 saturated carbocycles. The third kappa shape index (κ3) is 2.83. The van der Waals surface area contributed by atoms with Crippen molar-refractivity contribution in [1.29, 1.82) is 0 Å². The molecule has 1 aromatic heterocycles. The largest absolute Gasteiger partial charge is 0.384 e. The Morgan fingerprint density at radius 2 is 2.07 bits per heavy atom. The summed E-state index contributed by atoms with van der Waals surface area (Å²) in [6.45, 7) is 5.22. The maximum atomic E-state index is 12.8. The normalized spacial score (nSPS) is 13.7. The van der Waals surface area contributed by atoms with E-state index in [0.717, 1.165) is 12.3 Å². The van der Waals surface area contributed by atoms with Crippen LogP contribution < -0.4 is 0 Å². The van der Waals surface area contributed by atoms with Crippen LogP contribution in [0, 0.1) is 11.2 Å². The van der Waals surface area contributed by atoms with Gasteiger partial charge in [0.25, 0.3) is 0 Å². The van der Waals surface area contributed by atoms with Gasteiger partial charge >= 0.3 is 0 Å². The average molecular weight is 211 g/mol. The first-order valence-electron chi connectivity index (χ1n) is 4.65. The number of halogens is 1. The zero-order chi connectivity index (χ0) is 11.6. The molecule has 0 fully saturated rings. The second kappa shape index (κ2) is 4.06. The van der Waals surface area contributed by atoms with Gasteiger partial charge in [0.05, 0.1) is 6.20 Å². The molecule has 0 aliphatic carbocycles. The summed E-state index contributed by atoms with van der Waals surface area (Å²) in [5, 5.41) is 9.70. The number of aliphatic hydroxyl groups excluding tert-OH is 1. The molecule has 3 nitrogen and oxygen atoms in total. The van der Waals surface area contributed by atoms with E-state index in [4.69, 9.17) is 0 Å². The van der Waals surface area contributed by atoms with Gasteiger partial charge in [-0.05, 0) is 11.5 Å². The molecule has 1 rings (SSSR count). The second-order valence-electron chi connectivity index (χ2n) is 4.52. The van der Waals surface area contributed by atoms with Crippen molar-refractivity contribution in [2.45, 2.75) is 26.9 Å². The number of hydrogen-bond donors (Lipinski definition) is 1. The number of aromatic nitrogens is 1. The van der Waals surface area contributed by atoms with Crippen LogP contribution >= 0.6 is 0 Å². The molecule has 4 heteroatoms. The summed E-state index contributed by atoms with van der Waals surface area (Å²) >= 11 is 0. The van der Waals surface area contributed by atoms with Gasteiger partial charge in [-0.3, -0.25) is 9.78 Å². The van der Waals surface area contributed by atoms with E-state index >= 15 is 0 Å². The molecule has 1 unspecified atom stereocenters. The number of Topliss-reactive ketones (excluding diaryl/α,β-unsaturated/α-hetero) is 1. The van der Waals surface area contributed by atoms with Crippen LogP contribution in [0.1, 0.15) is 31.1 Å². The summed E-state index contributed by atoms with van der Waals surface area (Å²) in [4.78, 5) is 15.2. The molecule has 0 aliphatic heterocycles. The van der Waals surface area contributed by atoms with Crippen LogP contribution in [0.25, 0.3) is 0 Å². The van der Waals surface area contributed by atoms with Crippen LogP contribution in [0.5, 0.6) is 0 Å². The van der Waals surface area contributed by atoms with Gasteiger partial charge in [0.2, 0.25) is 0 Å². The third-order valence-electron chi connectivity index (χ3n) is 2.06. The van der Waals surface area contributed by atoms with Crippen LogP contribution in [-0.4, -0.2) is 22.0 Å². The highest BCUT2D eigenvalue weighted by Gasteiger charge is 2.29. The third-order valence-corrected chi connectivity index (χ3v) is 2.06. The number of rotatable bonds is 2. The summed E-state index contributed by atoms with van der Waals surface area (Å²) in [5.41, 5.74) is -0.471. The van der Waals surface area contributed by atoms with Gasteiger partial charge in [-0.2, -0.15) is 0 Å². The van der Waals surface area contributed by atoms with Crippen molar-refractivity contribution in [3.63, 3.8) is 0 Å². The summed E-state index contributed by atoms with van der Waals surface area (Å²) in [6.07, 6.45) is 1.11. The number of aliphatic hydroxyl groups is 1. The molecule has 0 bridgehead atoms. The summed E-state index contributed by atoms with van der Waals surface area (Å²) < 4.78 is 12.8. The molecule has 0 saturated heterocycles. The van der Waals surface area contributed by atoms with E-state index in [1.807, 2.05) is 0 Å². The minimum Gasteiger partial charge on any atom is -0.384 e. The minimum atomic E-state index is -1.15. The van der Waals surface area contributed by atoms with E-state index < -0.39 is 23.1 Å². The lowest BCUT2D eigenvalue weighted by Crippen LogP contribution is -2.34. The van der Waals surface area contributed by atoms with Gasteiger partial charge in [-0.1, -0.05) is 20.8 Å². The van der Waals surface area contributed by atoms with Crippen LogP contribution in [0.4, 0.5) is 4.39 Å². The standard InChI is InChI=1S/C11H14FNO2/c1-11(2,3)10(15)9(14)7-4-8(12)6-13-5-7/h4-6,10,15H,1-3H3. The molecule has 0 spiro atoms. The molecule has 0 radical (unpaired) electrons. The topological polar surface area (TPSA) is 50.2 Å². The fourth-order valence-corrected chi connectivity index (χ4v) is 1.10. The first kappa shape index (κ1) is 11.8. The lowest BCUT2D eigenvalue weighted by Gasteiger charge is -2.24. The predicted molar refractivity (Wildman–Crippen MR) is 54.0 cm³/mol. The van der Waals surface area contributed by atoms with Crippen molar-refractivity contribution >= 4 is 5.78 Å². The van der Waals surface area contributed by atoms with Crippen LogP contribution in [0.15, 0.2) is 18.5 Å². The van der Waals surface area contributed by atoms with Crippen LogP contribution in [0.2, 0.25) is 0 Å². The maximum absolute atomic E-state index is 12.8. The van der Waals surface area contributed by atoms with E-state index in [9.17, 15) is 14.3 Å². The molecule has 0 aliphatic rings. The molecule has 1 atom stereocenters. The lowest BCUT2D eigenvalue weighted by molar-refractivity contribution is 0.0442. The number of ketones is 1.